The average Bonchev–Trinajstić information content (AvgIpc) is 2.70. The fourth-order valence-electron chi connectivity index (χ4n) is 3.00. The molecule has 0 atom stereocenters. The van der Waals surface area contributed by atoms with E-state index in [4.69, 9.17) is 4.74 Å². The summed E-state index contributed by atoms with van der Waals surface area (Å²) in [4.78, 5) is 22.8. The van der Waals surface area contributed by atoms with Gasteiger partial charge in [-0.15, -0.1) is 0 Å². The van der Waals surface area contributed by atoms with Gasteiger partial charge in [0, 0.05) is 30.8 Å². The fraction of sp³-hybridized carbons (Fsp3) is 0.350. The first-order valence-electron chi connectivity index (χ1n) is 9.35. The lowest BCUT2D eigenvalue weighted by Gasteiger charge is -2.24. The molecule has 0 spiro atoms. The normalized spacial score (nSPS) is 11.0. The lowest BCUT2D eigenvalue weighted by molar-refractivity contribution is -0.384. The molecule has 0 saturated carbocycles. The number of ether oxygens (including phenoxy) is 1. The van der Waals surface area contributed by atoms with Crippen molar-refractivity contribution >= 4 is 33.0 Å². The molecular weight excluding hydrogens is 410 g/mol. The number of carbonyl (C=O) groups is 1. The lowest BCUT2D eigenvalue weighted by atomic mass is 10.1. The molecule has 0 saturated heterocycles. The maximum absolute atomic E-state index is 12.3. The zero-order chi connectivity index (χ0) is 22.3. The Morgan fingerprint density at radius 3 is 2.53 bits per heavy atom. The molecule has 0 radical (unpaired) electrons. The van der Waals surface area contributed by atoms with E-state index in [0.29, 0.717) is 0 Å². The molecule has 0 unspecified atom stereocenters. The molecule has 0 aliphatic heterocycles. The molecule has 0 bridgehead atoms. The number of nitrogens with zero attached hydrogens (tertiary/aromatic N) is 2. The van der Waals surface area contributed by atoms with Gasteiger partial charge in [-0.1, -0.05) is 25.1 Å². The third-order valence-corrected chi connectivity index (χ3v) is 5.66. The summed E-state index contributed by atoms with van der Waals surface area (Å²) in [5.41, 5.74) is 1.54. The maximum Gasteiger partial charge on any atom is 0.271 e. The molecular formula is C20H25N3O6S. The molecule has 30 heavy (non-hydrogen) atoms. The van der Waals surface area contributed by atoms with Crippen LogP contribution in [0.15, 0.2) is 42.5 Å². The second-order valence-corrected chi connectivity index (χ2v) is 8.52. The van der Waals surface area contributed by atoms with E-state index in [9.17, 15) is 23.3 Å². The third-order valence-electron chi connectivity index (χ3n) is 4.48. The lowest BCUT2D eigenvalue weighted by Crippen LogP contribution is -2.32. The van der Waals surface area contributed by atoms with Gasteiger partial charge < -0.3 is 10.1 Å². The summed E-state index contributed by atoms with van der Waals surface area (Å²) in [6, 6.07) is 11.2. The summed E-state index contributed by atoms with van der Waals surface area (Å²) < 4.78 is 30.9. The van der Waals surface area contributed by atoms with Gasteiger partial charge in [0.25, 0.3) is 5.69 Å². The van der Waals surface area contributed by atoms with Crippen LogP contribution in [0, 0.1) is 10.1 Å². The van der Waals surface area contributed by atoms with Crippen LogP contribution in [-0.2, 0) is 21.2 Å². The van der Waals surface area contributed by atoms with Crippen molar-refractivity contribution in [2.45, 2.75) is 26.2 Å². The number of nitrogens with one attached hydrogen (secondary N) is 1. The maximum atomic E-state index is 12.3. The highest BCUT2D eigenvalue weighted by Crippen LogP contribution is 2.33. The van der Waals surface area contributed by atoms with Crippen molar-refractivity contribution in [3.8, 4) is 5.75 Å². The Hall–Kier alpha value is -3.14. The predicted octanol–water partition coefficient (Wildman–Crippen LogP) is 3.35. The van der Waals surface area contributed by atoms with Crippen LogP contribution in [0.1, 0.15) is 25.3 Å². The van der Waals surface area contributed by atoms with Crippen molar-refractivity contribution in [1.82, 2.24) is 0 Å². The topological polar surface area (TPSA) is 119 Å². The largest absolute Gasteiger partial charge is 0.495 e. The number of hydrogen-bond donors (Lipinski definition) is 1. The van der Waals surface area contributed by atoms with E-state index in [1.807, 2.05) is 31.2 Å². The van der Waals surface area contributed by atoms with Gasteiger partial charge >= 0.3 is 0 Å². The van der Waals surface area contributed by atoms with E-state index >= 15 is 0 Å². The van der Waals surface area contributed by atoms with Crippen LogP contribution in [0.4, 0.5) is 17.1 Å². The number of nitro benzene ring substituents is 1. The second-order valence-electron chi connectivity index (χ2n) is 6.61. The van der Waals surface area contributed by atoms with Crippen molar-refractivity contribution in [2.24, 2.45) is 0 Å². The number of hydrogen-bond acceptors (Lipinski definition) is 6. The molecule has 0 aliphatic rings. The van der Waals surface area contributed by atoms with E-state index in [-0.39, 0.29) is 42.4 Å². The minimum absolute atomic E-state index is 0.0286. The number of benzene rings is 2. The predicted molar refractivity (Wildman–Crippen MR) is 116 cm³/mol. The van der Waals surface area contributed by atoms with Gasteiger partial charge in [0.15, 0.2) is 0 Å². The molecule has 1 amide bonds. The van der Waals surface area contributed by atoms with Crippen LogP contribution in [0.2, 0.25) is 0 Å². The van der Waals surface area contributed by atoms with E-state index < -0.39 is 14.9 Å². The number of para-hydroxylation sites is 1. The molecule has 0 aliphatic carbocycles. The highest BCUT2D eigenvalue weighted by atomic mass is 32.2. The van der Waals surface area contributed by atoms with Gasteiger partial charge in [-0.25, -0.2) is 8.42 Å². The molecule has 10 heteroatoms. The average molecular weight is 436 g/mol. The first-order valence-corrected chi connectivity index (χ1v) is 11.2. The Balaban J connectivity index is 2.14. The van der Waals surface area contributed by atoms with Gasteiger partial charge in [-0.05, 0) is 30.5 Å². The van der Waals surface area contributed by atoms with Crippen molar-refractivity contribution in [2.75, 3.05) is 29.5 Å². The van der Waals surface area contributed by atoms with Gasteiger partial charge in [0.05, 0.1) is 18.3 Å². The summed E-state index contributed by atoms with van der Waals surface area (Å²) in [5.74, 6) is -0.0530. The Bertz CT molecular complexity index is 1020. The standard InChI is InChI=1S/C20H25N3O6S/c1-4-15-8-5-6-9-17(15)21-20(24)10-7-13-22(30(3,27)28)18-14-16(23(25)26)11-12-19(18)29-2/h5-6,8-9,11-12,14H,4,7,10,13H2,1-3H3,(H,21,24). The number of sulfonamides is 1. The minimum atomic E-state index is -3.76. The summed E-state index contributed by atoms with van der Waals surface area (Å²) in [5, 5.41) is 13.9. The molecule has 0 fully saturated rings. The number of rotatable bonds is 10. The van der Waals surface area contributed by atoms with E-state index in [1.165, 1.54) is 19.2 Å². The number of nitro groups is 1. The van der Waals surface area contributed by atoms with Gasteiger partial charge in [0.1, 0.15) is 11.4 Å². The van der Waals surface area contributed by atoms with Crippen LogP contribution in [0.5, 0.6) is 5.75 Å². The van der Waals surface area contributed by atoms with Crippen molar-refractivity contribution in [3.63, 3.8) is 0 Å². The number of non-ortho nitro benzene ring substituents is 1. The Kier molecular flexibility index (Phi) is 7.76. The second kappa shape index (κ2) is 10.1. The van der Waals surface area contributed by atoms with Crippen LogP contribution < -0.4 is 14.4 Å². The monoisotopic (exact) mass is 435 g/mol. The molecule has 1 N–H and O–H groups in total. The summed E-state index contributed by atoms with van der Waals surface area (Å²) in [6.45, 7) is 1.96. The third kappa shape index (κ3) is 5.93. The highest BCUT2D eigenvalue weighted by Gasteiger charge is 2.24. The summed E-state index contributed by atoms with van der Waals surface area (Å²) in [6.07, 6.45) is 2.08. The molecule has 162 valence electrons. The summed E-state index contributed by atoms with van der Waals surface area (Å²) >= 11 is 0. The molecule has 2 aromatic rings. The van der Waals surface area contributed by atoms with Gasteiger partial charge in [-0.2, -0.15) is 0 Å². The number of anilines is 2. The Morgan fingerprint density at radius 2 is 1.93 bits per heavy atom. The number of methoxy groups -OCH3 is 1. The summed E-state index contributed by atoms with van der Waals surface area (Å²) in [7, 11) is -2.41. The number of amides is 1. The first-order chi connectivity index (χ1) is 14.2. The highest BCUT2D eigenvalue weighted by molar-refractivity contribution is 7.92. The molecule has 9 nitrogen and oxygen atoms in total. The first kappa shape index (κ1) is 23.1. The van der Waals surface area contributed by atoms with Crippen LogP contribution in [0.3, 0.4) is 0 Å². The van der Waals surface area contributed by atoms with Crippen LogP contribution in [-0.4, -0.2) is 39.2 Å². The molecule has 0 aromatic heterocycles. The van der Waals surface area contributed by atoms with Crippen molar-refractivity contribution < 1.29 is 22.9 Å². The minimum Gasteiger partial charge on any atom is -0.495 e. The van der Waals surface area contributed by atoms with E-state index in [2.05, 4.69) is 5.32 Å². The SMILES string of the molecule is CCc1ccccc1NC(=O)CCCN(c1cc([N+](=O)[O-])ccc1OC)S(C)(=O)=O. The number of carbonyl (C=O) groups excluding carboxylic acids is 1. The van der Waals surface area contributed by atoms with Crippen LogP contribution >= 0.6 is 0 Å². The van der Waals surface area contributed by atoms with E-state index in [1.54, 1.807) is 0 Å². The molecule has 2 aromatic carbocycles. The quantitative estimate of drug-likeness (QED) is 0.451. The van der Waals surface area contributed by atoms with Gasteiger partial charge in [-0.3, -0.25) is 19.2 Å². The van der Waals surface area contributed by atoms with Crippen LogP contribution in [0.25, 0.3) is 0 Å². The smallest absolute Gasteiger partial charge is 0.271 e. The van der Waals surface area contributed by atoms with E-state index in [0.717, 1.165) is 34.3 Å². The molecule has 2 rings (SSSR count). The number of aryl methyl sites for hydroxylation is 1. The zero-order valence-corrected chi connectivity index (χ0v) is 17.9. The van der Waals surface area contributed by atoms with Gasteiger partial charge in [0.2, 0.25) is 15.9 Å². The van der Waals surface area contributed by atoms with Crippen molar-refractivity contribution in [1.29, 1.82) is 0 Å². The Morgan fingerprint density at radius 1 is 1.23 bits per heavy atom. The Labute approximate surface area is 175 Å². The zero-order valence-electron chi connectivity index (χ0n) is 17.1. The molecule has 0 heterocycles. The van der Waals surface area contributed by atoms with Crippen molar-refractivity contribution in [3.05, 3.63) is 58.1 Å². The fourth-order valence-corrected chi connectivity index (χ4v) is 3.96.